The summed E-state index contributed by atoms with van der Waals surface area (Å²) >= 11 is 7.75. The van der Waals surface area contributed by atoms with Crippen molar-refractivity contribution in [2.45, 2.75) is 32.6 Å². The molecule has 25 heavy (non-hydrogen) atoms. The highest BCUT2D eigenvalue weighted by Crippen LogP contribution is 2.12. The van der Waals surface area contributed by atoms with Crippen LogP contribution in [0.1, 0.15) is 29.1 Å². The summed E-state index contributed by atoms with van der Waals surface area (Å²) in [7, 11) is 1.80. The van der Waals surface area contributed by atoms with Crippen molar-refractivity contribution < 1.29 is 0 Å². The van der Waals surface area contributed by atoms with Crippen LogP contribution in [0.3, 0.4) is 0 Å². The van der Waals surface area contributed by atoms with E-state index in [0.29, 0.717) is 0 Å². The van der Waals surface area contributed by atoms with Crippen molar-refractivity contribution in [2.75, 3.05) is 20.1 Å². The summed E-state index contributed by atoms with van der Waals surface area (Å²) in [6.45, 7) is 3.79. The Kier molecular flexibility index (Phi) is 11.1. The fourth-order valence-corrected chi connectivity index (χ4v) is 3.39. The minimum Gasteiger partial charge on any atom is -0.356 e. The van der Waals surface area contributed by atoms with E-state index in [0.717, 1.165) is 55.4 Å². The van der Waals surface area contributed by atoms with Gasteiger partial charge in [0.05, 0.1) is 5.01 Å². The molecule has 0 bridgehead atoms. The maximum Gasteiger partial charge on any atom is 0.190 e. The average molecular weight is 493 g/mol. The zero-order valence-corrected chi connectivity index (χ0v) is 18.6. The first-order valence-electron chi connectivity index (χ1n) is 8.27. The summed E-state index contributed by atoms with van der Waals surface area (Å²) in [5, 5.41) is 10.8. The van der Waals surface area contributed by atoms with Gasteiger partial charge in [-0.2, -0.15) is 0 Å². The van der Waals surface area contributed by atoms with Crippen LogP contribution in [-0.4, -0.2) is 31.1 Å². The quantitative estimate of drug-likeness (QED) is 0.248. The summed E-state index contributed by atoms with van der Waals surface area (Å²) in [4.78, 5) is 8.74. The number of nitrogens with one attached hydrogen (secondary N) is 2. The fraction of sp³-hybridized carbons (Fsp3) is 0.444. The van der Waals surface area contributed by atoms with Gasteiger partial charge in [0.25, 0.3) is 0 Å². The molecule has 0 aliphatic rings. The van der Waals surface area contributed by atoms with Gasteiger partial charge in [-0.3, -0.25) is 4.99 Å². The van der Waals surface area contributed by atoms with E-state index < -0.39 is 0 Å². The number of benzene rings is 1. The molecule has 0 aliphatic carbocycles. The SMILES string of the molecule is CN=C(NCCCCc1nc(C)cs1)NCCc1cccc(Cl)c1.I. The van der Waals surface area contributed by atoms with Gasteiger partial charge in [0.1, 0.15) is 0 Å². The molecule has 2 N–H and O–H groups in total. The molecule has 1 aromatic carbocycles. The van der Waals surface area contributed by atoms with Gasteiger partial charge in [0, 0.05) is 36.2 Å². The van der Waals surface area contributed by atoms with Gasteiger partial charge < -0.3 is 10.6 Å². The second-order valence-electron chi connectivity index (χ2n) is 5.65. The van der Waals surface area contributed by atoms with E-state index in [1.54, 1.807) is 18.4 Å². The van der Waals surface area contributed by atoms with E-state index in [1.165, 1.54) is 10.6 Å². The maximum atomic E-state index is 6.00. The van der Waals surface area contributed by atoms with Crippen LogP contribution in [0.2, 0.25) is 5.02 Å². The van der Waals surface area contributed by atoms with Gasteiger partial charge in [-0.25, -0.2) is 4.98 Å². The van der Waals surface area contributed by atoms with Gasteiger partial charge in [-0.05, 0) is 50.3 Å². The lowest BCUT2D eigenvalue weighted by Crippen LogP contribution is -2.38. The van der Waals surface area contributed by atoms with Crippen LogP contribution in [0, 0.1) is 6.92 Å². The monoisotopic (exact) mass is 492 g/mol. The van der Waals surface area contributed by atoms with E-state index in [1.807, 2.05) is 25.1 Å². The van der Waals surface area contributed by atoms with E-state index in [-0.39, 0.29) is 24.0 Å². The molecule has 0 radical (unpaired) electrons. The first kappa shape index (κ1) is 22.2. The van der Waals surface area contributed by atoms with Crippen LogP contribution in [0.25, 0.3) is 0 Å². The number of thiazole rings is 1. The van der Waals surface area contributed by atoms with Crippen molar-refractivity contribution in [3.05, 3.63) is 50.9 Å². The van der Waals surface area contributed by atoms with Gasteiger partial charge in [0.2, 0.25) is 0 Å². The Hall–Kier alpha value is -0.860. The summed E-state index contributed by atoms with van der Waals surface area (Å²) in [5.74, 6) is 0.849. The van der Waals surface area contributed by atoms with Crippen molar-refractivity contribution in [2.24, 2.45) is 4.99 Å². The van der Waals surface area contributed by atoms with Crippen LogP contribution < -0.4 is 10.6 Å². The van der Waals surface area contributed by atoms with E-state index in [2.05, 4.69) is 32.1 Å². The third kappa shape index (κ3) is 8.87. The Labute approximate surface area is 176 Å². The number of unbranched alkanes of at least 4 members (excludes halogenated alkanes) is 1. The molecule has 138 valence electrons. The highest BCUT2D eigenvalue weighted by molar-refractivity contribution is 14.0. The van der Waals surface area contributed by atoms with Crippen molar-refractivity contribution in [1.82, 2.24) is 15.6 Å². The predicted octanol–water partition coefficient (Wildman–Crippen LogP) is 4.45. The molecule has 1 aromatic heterocycles. The summed E-state index contributed by atoms with van der Waals surface area (Å²) in [6.07, 6.45) is 4.22. The highest BCUT2D eigenvalue weighted by Gasteiger charge is 2.00. The van der Waals surface area contributed by atoms with Crippen molar-refractivity contribution in [1.29, 1.82) is 0 Å². The van der Waals surface area contributed by atoms with Crippen molar-refractivity contribution in [3.63, 3.8) is 0 Å². The summed E-state index contributed by atoms with van der Waals surface area (Å²) < 4.78 is 0. The van der Waals surface area contributed by atoms with Crippen LogP contribution in [0.4, 0.5) is 0 Å². The second kappa shape index (κ2) is 12.5. The molecular weight excluding hydrogens is 467 g/mol. The summed E-state index contributed by atoms with van der Waals surface area (Å²) in [5.41, 5.74) is 2.35. The third-order valence-corrected chi connectivity index (χ3v) is 4.86. The molecule has 4 nitrogen and oxygen atoms in total. The van der Waals surface area contributed by atoms with Crippen LogP contribution in [0.15, 0.2) is 34.6 Å². The molecule has 7 heteroatoms. The lowest BCUT2D eigenvalue weighted by Gasteiger charge is -2.11. The lowest BCUT2D eigenvalue weighted by atomic mass is 10.1. The normalized spacial score (nSPS) is 11.1. The molecule has 0 spiro atoms. The van der Waals surface area contributed by atoms with Gasteiger partial charge in [0.15, 0.2) is 5.96 Å². The van der Waals surface area contributed by atoms with Crippen molar-refractivity contribution in [3.8, 4) is 0 Å². The fourth-order valence-electron chi connectivity index (χ4n) is 2.36. The molecule has 0 unspecified atom stereocenters. The zero-order valence-electron chi connectivity index (χ0n) is 14.7. The molecule has 0 fully saturated rings. The first-order chi connectivity index (χ1) is 11.7. The van der Waals surface area contributed by atoms with Crippen molar-refractivity contribution >= 4 is 52.9 Å². The topological polar surface area (TPSA) is 49.3 Å². The number of hydrogen-bond donors (Lipinski definition) is 2. The molecule has 0 atom stereocenters. The Balaban J connectivity index is 0.00000312. The Morgan fingerprint density at radius 2 is 2.00 bits per heavy atom. The maximum absolute atomic E-state index is 6.00. The van der Waals surface area contributed by atoms with E-state index >= 15 is 0 Å². The Morgan fingerprint density at radius 3 is 2.68 bits per heavy atom. The molecule has 0 saturated heterocycles. The minimum absolute atomic E-state index is 0. The Bertz CT molecular complexity index is 660. The third-order valence-electron chi connectivity index (χ3n) is 3.60. The van der Waals surface area contributed by atoms with Gasteiger partial charge >= 0.3 is 0 Å². The predicted molar refractivity (Wildman–Crippen MR) is 120 cm³/mol. The van der Waals surface area contributed by atoms with Crippen LogP contribution >= 0.6 is 46.9 Å². The van der Waals surface area contributed by atoms with E-state index in [9.17, 15) is 0 Å². The first-order valence-corrected chi connectivity index (χ1v) is 9.53. The number of nitrogens with zero attached hydrogens (tertiary/aromatic N) is 2. The van der Waals surface area contributed by atoms with Crippen LogP contribution in [0.5, 0.6) is 0 Å². The molecule has 0 saturated carbocycles. The molecular formula is C18H26ClIN4S. The standard InChI is InChI=1S/C18H25ClN4S.HI/c1-14-13-24-17(23-14)8-3-4-10-21-18(20-2)22-11-9-15-6-5-7-16(19)12-15;/h5-7,12-13H,3-4,8-11H2,1-2H3,(H2,20,21,22);1H. The zero-order chi connectivity index (χ0) is 17.2. The number of rotatable bonds is 8. The van der Waals surface area contributed by atoms with Gasteiger partial charge in [-0.1, -0.05) is 23.7 Å². The highest BCUT2D eigenvalue weighted by atomic mass is 127. The summed E-state index contributed by atoms with van der Waals surface area (Å²) in [6, 6.07) is 7.96. The minimum atomic E-state index is 0. The van der Waals surface area contributed by atoms with Crippen LogP contribution in [-0.2, 0) is 12.8 Å². The molecule has 0 aliphatic heterocycles. The van der Waals surface area contributed by atoms with Gasteiger partial charge in [-0.15, -0.1) is 35.3 Å². The number of halogens is 2. The number of hydrogen-bond acceptors (Lipinski definition) is 3. The number of aliphatic imine (C=N–C) groups is 1. The number of aromatic nitrogens is 1. The molecule has 2 rings (SSSR count). The molecule has 1 heterocycles. The smallest absolute Gasteiger partial charge is 0.190 e. The number of aryl methyl sites for hydroxylation is 2. The Morgan fingerprint density at radius 1 is 1.20 bits per heavy atom. The number of guanidine groups is 1. The molecule has 2 aromatic rings. The lowest BCUT2D eigenvalue weighted by molar-refractivity contribution is 0.691. The largest absolute Gasteiger partial charge is 0.356 e. The average Bonchev–Trinajstić information content (AvgIpc) is 2.98. The van der Waals surface area contributed by atoms with E-state index in [4.69, 9.17) is 11.6 Å². The molecule has 0 amide bonds. The second-order valence-corrected chi connectivity index (χ2v) is 7.02.